The Labute approximate surface area is 149 Å². The van der Waals surface area contributed by atoms with Gasteiger partial charge >= 0.3 is 0 Å². The second-order valence-electron chi connectivity index (χ2n) is 6.92. The number of pyridine rings is 1. The van der Waals surface area contributed by atoms with Crippen LogP contribution in [-0.4, -0.2) is 57.9 Å². The first-order valence-electron chi connectivity index (χ1n) is 8.60. The molecule has 4 rings (SSSR count). The van der Waals surface area contributed by atoms with Crippen LogP contribution in [0, 0.1) is 5.41 Å². The first-order valence-corrected chi connectivity index (χ1v) is 8.60. The van der Waals surface area contributed by atoms with Crippen LogP contribution in [0.15, 0.2) is 43.0 Å². The quantitative estimate of drug-likeness (QED) is 0.823. The van der Waals surface area contributed by atoms with E-state index in [1.54, 1.807) is 40.4 Å². The minimum atomic E-state index is -2.83. The minimum Gasteiger partial charge on any atom is -0.340 e. The highest BCUT2D eigenvalue weighted by molar-refractivity contribution is 5.94. The molecule has 1 spiro atoms. The van der Waals surface area contributed by atoms with Crippen LogP contribution >= 0.6 is 0 Å². The summed E-state index contributed by atoms with van der Waals surface area (Å²) in [6, 6.07) is 4.92. The number of aromatic nitrogens is 3. The predicted octanol–water partition coefficient (Wildman–Crippen LogP) is 2.25. The Morgan fingerprint density at radius 2 is 1.73 bits per heavy atom. The molecule has 0 saturated carbocycles. The zero-order valence-corrected chi connectivity index (χ0v) is 14.2. The lowest BCUT2D eigenvalue weighted by Gasteiger charge is -2.45. The topological polar surface area (TPSA) is 62.2 Å². The molecule has 1 unspecified atom stereocenters. The molecule has 2 aliphatic rings. The maximum absolute atomic E-state index is 14.9. The van der Waals surface area contributed by atoms with E-state index in [1.807, 2.05) is 0 Å². The van der Waals surface area contributed by atoms with E-state index in [4.69, 9.17) is 0 Å². The van der Waals surface area contributed by atoms with Crippen molar-refractivity contribution in [1.82, 2.24) is 19.9 Å². The molecular formula is C18H19F2N5O. The summed E-state index contributed by atoms with van der Waals surface area (Å²) in [4.78, 5) is 28.3. The van der Waals surface area contributed by atoms with Crippen molar-refractivity contribution in [3.05, 3.63) is 48.5 Å². The fourth-order valence-corrected chi connectivity index (χ4v) is 3.88. The number of likely N-dealkylation sites (tertiary alicyclic amines) is 1. The fraction of sp³-hybridized carbons (Fsp3) is 0.444. The lowest BCUT2D eigenvalue weighted by molar-refractivity contribution is -0.150. The number of hydrogen-bond acceptors (Lipinski definition) is 5. The van der Waals surface area contributed by atoms with E-state index in [2.05, 4.69) is 15.0 Å². The van der Waals surface area contributed by atoms with Crippen molar-refractivity contribution in [1.29, 1.82) is 0 Å². The molecule has 2 aliphatic heterocycles. The molecule has 8 heteroatoms. The zero-order chi connectivity index (χ0) is 18.2. The number of halogens is 2. The highest BCUT2D eigenvalue weighted by Gasteiger charge is 2.60. The average Bonchev–Trinajstić information content (AvgIpc) is 3.11. The van der Waals surface area contributed by atoms with Gasteiger partial charge < -0.3 is 9.80 Å². The number of carbonyl (C=O) groups is 1. The summed E-state index contributed by atoms with van der Waals surface area (Å²) in [7, 11) is 0. The van der Waals surface area contributed by atoms with Crippen molar-refractivity contribution in [3.8, 4) is 0 Å². The van der Waals surface area contributed by atoms with Gasteiger partial charge in [-0.3, -0.25) is 9.78 Å². The highest BCUT2D eigenvalue weighted by Crippen LogP contribution is 2.50. The van der Waals surface area contributed by atoms with Gasteiger partial charge in [0.05, 0.1) is 5.41 Å². The van der Waals surface area contributed by atoms with Gasteiger partial charge in [-0.25, -0.2) is 18.7 Å². The third-order valence-corrected chi connectivity index (χ3v) is 5.37. The summed E-state index contributed by atoms with van der Waals surface area (Å²) in [5.74, 6) is -2.60. The molecule has 2 aromatic heterocycles. The van der Waals surface area contributed by atoms with Crippen LogP contribution in [0.4, 0.5) is 14.7 Å². The van der Waals surface area contributed by atoms with Crippen LogP contribution in [0.2, 0.25) is 0 Å². The van der Waals surface area contributed by atoms with E-state index in [0.717, 1.165) is 0 Å². The molecule has 0 N–H and O–H groups in total. The molecular weight excluding hydrogens is 340 g/mol. The van der Waals surface area contributed by atoms with E-state index < -0.39 is 11.3 Å². The molecule has 2 saturated heterocycles. The number of alkyl halides is 2. The summed E-state index contributed by atoms with van der Waals surface area (Å²) in [6.07, 6.45) is 6.25. The van der Waals surface area contributed by atoms with Gasteiger partial charge in [0.1, 0.15) is 0 Å². The second kappa shape index (κ2) is 6.26. The number of rotatable bonds is 2. The molecule has 0 bridgehead atoms. The number of amides is 1. The Morgan fingerprint density at radius 3 is 2.46 bits per heavy atom. The van der Waals surface area contributed by atoms with Gasteiger partial charge in [-0.1, -0.05) is 0 Å². The van der Waals surface area contributed by atoms with Crippen LogP contribution in [0.5, 0.6) is 0 Å². The molecule has 6 nitrogen and oxygen atoms in total. The summed E-state index contributed by atoms with van der Waals surface area (Å²) in [5.41, 5.74) is -0.797. The van der Waals surface area contributed by atoms with Crippen molar-refractivity contribution in [2.75, 3.05) is 31.1 Å². The normalized spacial score (nSPS) is 24.8. The molecule has 1 atom stereocenters. The molecule has 1 amide bonds. The lowest BCUT2D eigenvalue weighted by Crippen LogP contribution is -2.58. The standard InChI is InChI=1S/C18H19F2N5O/c19-18(20)5-11-24(15(26)14-2-8-21-9-3-14)12-17(18)4-10-25(13-17)16-22-6-1-7-23-16/h1-3,6-9H,4-5,10-13H2. The third kappa shape index (κ3) is 2.79. The smallest absolute Gasteiger partial charge is 0.258 e. The summed E-state index contributed by atoms with van der Waals surface area (Å²) in [5, 5.41) is 0. The molecule has 26 heavy (non-hydrogen) atoms. The van der Waals surface area contributed by atoms with Crippen molar-refractivity contribution in [2.45, 2.75) is 18.8 Å². The van der Waals surface area contributed by atoms with Crippen LogP contribution in [0.25, 0.3) is 0 Å². The van der Waals surface area contributed by atoms with E-state index in [-0.39, 0.29) is 32.0 Å². The summed E-state index contributed by atoms with van der Waals surface area (Å²) in [6.45, 7) is 0.684. The highest BCUT2D eigenvalue weighted by atomic mass is 19.3. The van der Waals surface area contributed by atoms with Gasteiger partial charge in [0.25, 0.3) is 11.8 Å². The van der Waals surface area contributed by atoms with Crippen LogP contribution < -0.4 is 4.90 Å². The molecule has 0 aliphatic carbocycles. The monoisotopic (exact) mass is 359 g/mol. The number of nitrogens with zero attached hydrogens (tertiary/aromatic N) is 5. The minimum absolute atomic E-state index is 0.0322. The number of hydrogen-bond donors (Lipinski definition) is 0. The summed E-state index contributed by atoms with van der Waals surface area (Å²) < 4.78 is 29.8. The number of anilines is 1. The Morgan fingerprint density at radius 1 is 1.00 bits per heavy atom. The fourth-order valence-electron chi connectivity index (χ4n) is 3.88. The lowest BCUT2D eigenvalue weighted by atomic mass is 9.75. The van der Waals surface area contributed by atoms with Crippen molar-refractivity contribution < 1.29 is 13.6 Å². The van der Waals surface area contributed by atoms with Crippen molar-refractivity contribution >= 4 is 11.9 Å². The zero-order valence-electron chi connectivity index (χ0n) is 14.2. The first-order chi connectivity index (χ1) is 12.5. The predicted molar refractivity (Wildman–Crippen MR) is 91.0 cm³/mol. The average molecular weight is 359 g/mol. The van der Waals surface area contributed by atoms with E-state index >= 15 is 0 Å². The molecule has 4 heterocycles. The van der Waals surface area contributed by atoms with E-state index in [0.29, 0.717) is 24.5 Å². The van der Waals surface area contributed by atoms with Gasteiger partial charge in [0.15, 0.2) is 0 Å². The van der Waals surface area contributed by atoms with Crippen LogP contribution in [0.1, 0.15) is 23.2 Å². The van der Waals surface area contributed by atoms with E-state index in [9.17, 15) is 13.6 Å². The Bertz CT molecular complexity index is 789. The number of piperidine rings is 1. The maximum atomic E-state index is 14.9. The first kappa shape index (κ1) is 16.8. The van der Waals surface area contributed by atoms with Crippen molar-refractivity contribution in [2.24, 2.45) is 5.41 Å². The second-order valence-corrected chi connectivity index (χ2v) is 6.92. The Kier molecular flexibility index (Phi) is 4.05. The molecule has 0 aromatic carbocycles. The maximum Gasteiger partial charge on any atom is 0.258 e. The third-order valence-electron chi connectivity index (χ3n) is 5.37. The van der Waals surface area contributed by atoms with Gasteiger partial charge in [-0.2, -0.15) is 0 Å². The van der Waals surface area contributed by atoms with Crippen molar-refractivity contribution in [3.63, 3.8) is 0 Å². The van der Waals surface area contributed by atoms with Crippen LogP contribution in [0.3, 0.4) is 0 Å². The molecule has 0 radical (unpaired) electrons. The van der Waals surface area contributed by atoms with Gasteiger partial charge in [0, 0.05) is 63.0 Å². The molecule has 2 fully saturated rings. The Hall–Kier alpha value is -2.64. The molecule has 2 aromatic rings. The SMILES string of the molecule is O=C(c1ccncc1)N1CCC(F)(F)C2(CCN(c3ncccn3)C2)C1. The van der Waals surface area contributed by atoms with Gasteiger partial charge in [-0.15, -0.1) is 0 Å². The largest absolute Gasteiger partial charge is 0.340 e. The van der Waals surface area contributed by atoms with Gasteiger partial charge in [-0.05, 0) is 24.6 Å². The number of carbonyl (C=O) groups excluding carboxylic acids is 1. The van der Waals surface area contributed by atoms with Gasteiger partial charge in [0.2, 0.25) is 5.95 Å². The summed E-state index contributed by atoms with van der Waals surface area (Å²) >= 11 is 0. The van der Waals surface area contributed by atoms with E-state index in [1.165, 1.54) is 12.4 Å². The Balaban J connectivity index is 1.57. The molecule has 136 valence electrons. The van der Waals surface area contributed by atoms with Crippen LogP contribution in [-0.2, 0) is 0 Å².